The van der Waals surface area contributed by atoms with E-state index in [1.54, 1.807) is 23.1 Å². The highest BCUT2D eigenvalue weighted by atomic mass is 19.4. The van der Waals surface area contributed by atoms with E-state index in [1.165, 1.54) is 12.1 Å². The highest BCUT2D eigenvalue weighted by Gasteiger charge is 2.49. The molecule has 4 rings (SSSR count). The summed E-state index contributed by atoms with van der Waals surface area (Å²) in [5, 5.41) is 9.05. The Morgan fingerprint density at radius 1 is 1.11 bits per heavy atom. The lowest BCUT2D eigenvalue weighted by Gasteiger charge is -2.40. The lowest BCUT2D eigenvalue weighted by molar-refractivity contribution is -0.137. The van der Waals surface area contributed by atoms with E-state index in [1.807, 2.05) is 36.0 Å². The molecule has 36 heavy (non-hydrogen) atoms. The number of nitriles is 1. The van der Waals surface area contributed by atoms with Crippen LogP contribution in [0.2, 0.25) is 0 Å². The van der Waals surface area contributed by atoms with E-state index in [9.17, 15) is 22.8 Å². The van der Waals surface area contributed by atoms with E-state index in [-0.39, 0.29) is 11.3 Å². The first-order chi connectivity index (χ1) is 16.9. The van der Waals surface area contributed by atoms with Crippen LogP contribution in [0.1, 0.15) is 40.7 Å². The van der Waals surface area contributed by atoms with E-state index < -0.39 is 29.3 Å². The highest BCUT2D eigenvalue weighted by Crippen LogP contribution is 2.45. The minimum Gasteiger partial charge on any atom is -0.378 e. The van der Waals surface area contributed by atoms with Gasteiger partial charge >= 0.3 is 6.18 Å². The van der Waals surface area contributed by atoms with Crippen LogP contribution in [-0.2, 0) is 11.0 Å². The van der Waals surface area contributed by atoms with Crippen LogP contribution in [0, 0.1) is 16.7 Å². The Morgan fingerprint density at radius 2 is 1.75 bits per heavy atom. The lowest BCUT2D eigenvalue weighted by Crippen LogP contribution is -2.44. The number of anilines is 2. The fourth-order valence-electron chi connectivity index (χ4n) is 5.25. The second-order valence-corrected chi connectivity index (χ2v) is 9.82. The van der Waals surface area contributed by atoms with E-state index in [2.05, 4.69) is 0 Å². The summed E-state index contributed by atoms with van der Waals surface area (Å²) < 4.78 is 40.2. The third kappa shape index (κ3) is 4.83. The standard InChI is InChI=1S/C26H28F3N5O2/c1-32(2)19-6-3-17(4-7-19)24(36)34-16-25(14-22(34)23(31)35)9-11-33(12-10-25)20-8-5-18(15-30)21(13-20)26(27,28)29/h3-8,13,22H,9-12,14,16H2,1-2H3,(H2,31,35). The van der Waals surface area contributed by atoms with Gasteiger partial charge in [0, 0.05) is 50.7 Å². The van der Waals surface area contributed by atoms with Crippen LogP contribution in [0.3, 0.4) is 0 Å². The first-order valence-corrected chi connectivity index (χ1v) is 11.7. The molecule has 7 nitrogen and oxygen atoms in total. The number of primary amides is 1. The molecule has 1 spiro atoms. The fourth-order valence-corrected chi connectivity index (χ4v) is 5.25. The van der Waals surface area contributed by atoms with Crippen molar-refractivity contribution < 1.29 is 22.8 Å². The molecule has 0 saturated carbocycles. The number of piperidine rings is 1. The number of halogens is 3. The molecule has 190 valence electrons. The van der Waals surface area contributed by atoms with Crippen molar-refractivity contribution in [1.29, 1.82) is 5.26 Å². The van der Waals surface area contributed by atoms with Crippen LogP contribution in [0.15, 0.2) is 42.5 Å². The number of nitrogens with zero attached hydrogens (tertiary/aromatic N) is 4. The zero-order valence-corrected chi connectivity index (χ0v) is 20.2. The molecule has 1 unspecified atom stereocenters. The van der Waals surface area contributed by atoms with Gasteiger partial charge in [0.05, 0.1) is 17.2 Å². The van der Waals surface area contributed by atoms with Gasteiger partial charge in [-0.3, -0.25) is 9.59 Å². The summed E-state index contributed by atoms with van der Waals surface area (Å²) in [5.74, 6) is -0.820. The molecule has 2 aromatic rings. The molecule has 2 heterocycles. The summed E-state index contributed by atoms with van der Waals surface area (Å²) >= 11 is 0. The molecule has 1 atom stereocenters. The third-order valence-electron chi connectivity index (χ3n) is 7.35. The molecule has 0 aromatic heterocycles. The summed E-state index contributed by atoms with van der Waals surface area (Å²) in [4.78, 5) is 30.9. The van der Waals surface area contributed by atoms with Gasteiger partial charge in [-0.25, -0.2) is 0 Å². The Balaban J connectivity index is 1.51. The average molecular weight is 500 g/mol. The number of amides is 2. The van der Waals surface area contributed by atoms with Gasteiger partial charge in [-0.2, -0.15) is 18.4 Å². The summed E-state index contributed by atoms with van der Waals surface area (Å²) in [6.45, 7) is 1.30. The van der Waals surface area contributed by atoms with Gasteiger partial charge in [0.25, 0.3) is 5.91 Å². The molecule has 2 N–H and O–H groups in total. The zero-order valence-electron chi connectivity index (χ0n) is 20.2. The van der Waals surface area contributed by atoms with Crippen molar-refractivity contribution in [2.75, 3.05) is 43.5 Å². The van der Waals surface area contributed by atoms with Crippen LogP contribution in [-0.4, -0.2) is 56.5 Å². The summed E-state index contributed by atoms with van der Waals surface area (Å²) in [6, 6.07) is 11.7. The minimum atomic E-state index is -4.62. The zero-order chi connectivity index (χ0) is 26.3. The average Bonchev–Trinajstić information content (AvgIpc) is 3.22. The van der Waals surface area contributed by atoms with Gasteiger partial charge in [0.2, 0.25) is 5.91 Å². The molecule has 2 fully saturated rings. The molecular weight excluding hydrogens is 471 g/mol. The predicted octanol–water partition coefficient (Wildman–Crippen LogP) is 3.63. The van der Waals surface area contributed by atoms with Crippen LogP contribution in [0.5, 0.6) is 0 Å². The first kappa shape index (κ1) is 25.4. The maximum absolute atomic E-state index is 13.4. The lowest BCUT2D eigenvalue weighted by atomic mass is 9.76. The van der Waals surface area contributed by atoms with Crippen molar-refractivity contribution in [1.82, 2.24) is 4.90 Å². The van der Waals surface area contributed by atoms with Crippen LogP contribution in [0.25, 0.3) is 0 Å². The smallest absolute Gasteiger partial charge is 0.378 e. The predicted molar refractivity (Wildman–Crippen MR) is 129 cm³/mol. The van der Waals surface area contributed by atoms with E-state index in [4.69, 9.17) is 11.0 Å². The molecule has 0 bridgehead atoms. The minimum absolute atomic E-state index is 0.259. The Bertz CT molecular complexity index is 1200. The molecule has 0 aliphatic carbocycles. The number of rotatable bonds is 4. The third-order valence-corrected chi connectivity index (χ3v) is 7.35. The Kier molecular flexibility index (Phi) is 6.60. The van der Waals surface area contributed by atoms with E-state index >= 15 is 0 Å². The Labute approximate surface area is 207 Å². The van der Waals surface area contributed by atoms with Crippen LogP contribution in [0.4, 0.5) is 24.5 Å². The van der Waals surface area contributed by atoms with Crippen molar-refractivity contribution in [2.45, 2.75) is 31.5 Å². The molecule has 2 saturated heterocycles. The second-order valence-electron chi connectivity index (χ2n) is 9.82. The van der Waals surface area contributed by atoms with Crippen LogP contribution < -0.4 is 15.5 Å². The highest BCUT2D eigenvalue weighted by molar-refractivity contribution is 5.98. The molecule has 0 radical (unpaired) electrons. The van der Waals surface area contributed by atoms with Gasteiger partial charge in [0.15, 0.2) is 0 Å². The second kappa shape index (κ2) is 9.37. The topological polar surface area (TPSA) is 93.7 Å². The maximum Gasteiger partial charge on any atom is 0.417 e. The molecule has 2 aliphatic rings. The normalized spacial score (nSPS) is 19.3. The number of hydrogen-bond acceptors (Lipinski definition) is 5. The van der Waals surface area contributed by atoms with Gasteiger partial charge in [-0.1, -0.05) is 0 Å². The number of likely N-dealkylation sites (tertiary alicyclic amines) is 1. The quantitative estimate of drug-likeness (QED) is 0.694. The van der Waals surface area contributed by atoms with Crippen LogP contribution >= 0.6 is 0 Å². The number of carbonyl (C=O) groups excluding carboxylic acids is 2. The number of benzene rings is 2. The number of nitrogens with two attached hydrogens (primary N) is 1. The van der Waals surface area contributed by atoms with Crippen molar-refractivity contribution >= 4 is 23.2 Å². The summed E-state index contributed by atoms with van der Waals surface area (Å²) in [5.41, 5.74) is 5.79. The fraction of sp³-hybridized carbons (Fsp3) is 0.423. The molecular formula is C26H28F3N5O2. The monoisotopic (exact) mass is 499 g/mol. The van der Waals surface area contributed by atoms with Gasteiger partial charge in [0.1, 0.15) is 6.04 Å². The Morgan fingerprint density at radius 3 is 2.28 bits per heavy atom. The number of carbonyl (C=O) groups is 2. The number of alkyl halides is 3. The van der Waals surface area contributed by atoms with Crippen molar-refractivity contribution in [3.63, 3.8) is 0 Å². The Hall–Kier alpha value is -3.74. The van der Waals surface area contributed by atoms with Crippen molar-refractivity contribution in [3.05, 3.63) is 59.2 Å². The first-order valence-electron chi connectivity index (χ1n) is 11.7. The van der Waals surface area contributed by atoms with Gasteiger partial charge in [-0.15, -0.1) is 0 Å². The largest absolute Gasteiger partial charge is 0.417 e. The summed E-state index contributed by atoms with van der Waals surface area (Å²) in [6.07, 6.45) is -2.99. The van der Waals surface area contributed by atoms with E-state index in [0.29, 0.717) is 50.1 Å². The molecule has 2 aliphatic heterocycles. The maximum atomic E-state index is 13.4. The number of hydrogen-bond donors (Lipinski definition) is 1. The van der Waals surface area contributed by atoms with E-state index in [0.717, 1.165) is 11.8 Å². The molecule has 2 aromatic carbocycles. The van der Waals surface area contributed by atoms with Crippen molar-refractivity contribution in [2.24, 2.45) is 11.1 Å². The van der Waals surface area contributed by atoms with Gasteiger partial charge < -0.3 is 20.4 Å². The molecule has 10 heteroatoms. The van der Waals surface area contributed by atoms with Gasteiger partial charge in [-0.05, 0) is 67.1 Å². The SMILES string of the molecule is CN(C)c1ccc(C(=O)N2CC3(CCN(c4ccc(C#N)c(C(F)(F)F)c4)CC3)CC2C(N)=O)cc1. The van der Waals surface area contributed by atoms with Crippen molar-refractivity contribution in [3.8, 4) is 6.07 Å². The molecule has 2 amide bonds. The summed E-state index contributed by atoms with van der Waals surface area (Å²) in [7, 11) is 3.80.